The molecule has 0 bridgehead atoms. The summed E-state index contributed by atoms with van der Waals surface area (Å²) in [5.74, 6) is -0.254. The molecule has 1 atom stereocenters. The number of rotatable bonds is 4. The van der Waals surface area contributed by atoms with Crippen LogP contribution in [0.25, 0.3) is 11.5 Å². The number of amides is 1. The van der Waals surface area contributed by atoms with Crippen LogP contribution in [0.3, 0.4) is 0 Å². The van der Waals surface area contributed by atoms with Crippen LogP contribution in [-0.2, 0) is 4.79 Å². The molecule has 1 amide bonds. The van der Waals surface area contributed by atoms with Gasteiger partial charge in [0.05, 0.1) is 10.7 Å². The fourth-order valence-electron chi connectivity index (χ4n) is 3.23. The summed E-state index contributed by atoms with van der Waals surface area (Å²) in [5.41, 5.74) is 2.03. The Labute approximate surface area is 166 Å². The van der Waals surface area contributed by atoms with Gasteiger partial charge in [0.15, 0.2) is 11.6 Å². The molecule has 4 rings (SSSR count). The van der Waals surface area contributed by atoms with Gasteiger partial charge < -0.3 is 14.3 Å². The van der Waals surface area contributed by atoms with E-state index in [1.165, 1.54) is 17.0 Å². The molecule has 1 aromatic heterocycles. The molecule has 1 unspecified atom stereocenters. The number of carbonyl (C=O) groups excluding carboxylic acids is 1. The maximum atomic E-state index is 14.3. The monoisotopic (exact) mass is 400 g/mol. The van der Waals surface area contributed by atoms with E-state index in [1.54, 1.807) is 6.07 Å². The van der Waals surface area contributed by atoms with E-state index in [-0.39, 0.29) is 35.5 Å². The van der Waals surface area contributed by atoms with Crippen molar-refractivity contribution in [2.24, 2.45) is 0 Å². The lowest BCUT2D eigenvalue weighted by atomic mass is 10.1. The third-order valence-corrected chi connectivity index (χ3v) is 5.08. The minimum atomic E-state index is -0.604. The highest BCUT2D eigenvalue weighted by Crippen LogP contribution is 2.34. The van der Waals surface area contributed by atoms with E-state index < -0.39 is 5.82 Å². The van der Waals surface area contributed by atoms with Crippen molar-refractivity contribution in [3.8, 4) is 11.5 Å². The summed E-state index contributed by atoms with van der Waals surface area (Å²) in [6.45, 7) is 0.272. The van der Waals surface area contributed by atoms with Crippen LogP contribution < -0.4 is 9.80 Å². The minimum Gasteiger partial charge on any atom is -0.378 e. The molecule has 0 spiro atoms. The summed E-state index contributed by atoms with van der Waals surface area (Å²) in [6, 6.07) is 12.3. The lowest BCUT2D eigenvalue weighted by Gasteiger charge is -2.17. The van der Waals surface area contributed by atoms with Gasteiger partial charge in [0.2, 0.25) is 5.91 Å². The molecule has 0 radical (unpaired) electrons. The number of hydrogen-bond acceptors (Lipinski definition) is 5. The molecule has 1 aliphatic heterocycles. The minimum absolute atomic E-state index is 0.0169. The van der Waals surface area contributed by atoms with E-state index in [9.17, 15) is 9.18 Å². The first-order chi connectivity index (χ1) is 13.4. The molecule has 2 aromatic carbocycles. The van der Waals surface area contributed by atoms with Crippen LogP contribution in [-0.4, -0.2) is 36.7 Å². The first kappa shape index (κ1) is 18.4. The summed E-state index contributed by atoms with van der Waals surface area (Å²) in [6.07, 6.45) is 0.185. The van der Waals surface area contributed by atoms with Gasteiger partial charge in [-0.15, -0.1) is 0 Å². The van der Waals surface area contributed by atoms with E-state index in [0.717, 1.165) is 11.3 Å². The average Bonchev–Trinajstić information content (AvgIpc) is 3.31. The fraction of sp³-hybridized carbons (Fsp3) is 0.250. The molecule has 1 aliphatic rings. The van der Waals surface area contributed by atoms with Gasteiger partial charge in [0.1, 0.15) is 0 Å². The van der Waals surface area contributed by atoms with Gasteiger partial charge in [0.25, 0.3) is 5.89 Å². The number of halogens is 2. The molecule has 3 aromatic rings. The fourth-order valence-corrected chi connectivity index (χ4v) is 3.40. The van der Waals surface area contributed by atoms with E-state index in [2.05, 4.69) is 10.1 Å². The van der Waals surface area contributed by atoms with Crippen molar-refractivity contribution < 1.29 is 13.7 Å². The second kappa shape index (κ2) is 7.24. The molecule has 0 saturated carbocycles. The number of carbonyl (C=O) groups is 1. The average molecular weight is 401 g/mol. The van der Waals surface area contributed by atoms with Gasteiger partial charge in [-0.25, -0.2) is 4.39 Å². The highest BCUT2D eigenvalue weighted by molar-refractivity contribution is 6.31. The lowest BCUT2D eigenvalue weighted by molar-refractivity contribution is -0.117. The molecular weight excluding hydrogens is 383 g/mol. The quantitative estimate of drug-likeness (QED) is 0.659. The van der Waals surface area contributed by atoms with E-state index in [0.29, 0.717) is 11.7 Å². The van der Waals surface area contributed by atoms with Gasteiger partial charge in [-0.1, -0.05) is 22.8 Å². The summed E-state index contributed by atoms with van der Waals surface area (Å²) in [4.78, 5) is 20.3. The Morgan fingerprint density at radius 3 is 2.68 bits per heavy atom. The second-order valence-corrected chi connectivity index (χ2v) is 7.28. The van der Waals surface area contributed by atoms with E-state index in [1.807, 2.05) is 43.3 Å². The highest BCUT2D eigenvalue weighted by Gasteiger charge is 2.36. The standard InChI is InChI=1S/C20H18ClFN4O2/c1-25(2)14-8-6-12(7-9-14)20-23-19(24-28-20)13-10-17(27)26(11-13)16-5-3-4-15(21)18(16)22/h3-9,13H,10-11H2,1-2H3. The normalized spacial score (nSPS) is 16.6. The van der Waals surface area contributed by atoms with Crippen LogP contribution in [0, 0.1) is 5.82 Å². The number of nitrogens with zero attached hydrogens (tertiary/aromatic N) is 4. The van der Waals surface area contributed by atoms with Gasteiger partial charge in [-0.3, -0.25) is 4.79 Å². The van der Waals surface area contributed by atoms with Gasteiger partial charge in [-0.05, 0) is 36.4 Å². The predicted molar refractivity (Wildman–Crippen MR) is 105 cm³/mol. The first-order valence-corrected chi connectivity index (χ1v) is 9.17. The Balaban J connectivity index is 1.55. The Bertz CT molecular complexity index is 1020. The number of aromatic nitrogens is 2. The third kappa shape index (κ3) is 3.33. The largest absolute Gasteiger partial charge is 0.378 e. The highest BCUT2D eigenvalue weighted by atomic mass is 35.5. The maximum absolute atomic E-state index is 14.3. The van der Waals surface area contributed by atoms with Crippen molar-refractivity contribution in [3.63, 3.8) is 0 Å². The third-order valence-electron chi connectivity index (χ3n) is 4.78. The van der Waals surface area contributed by atoms with Crippen molar-refractivity contribution in [1.82, 2.24) is 10.1 Å². The van der Waals surface area contributed by atoms with Gasteiger partial charge in [0, 0.05) is 44.2 Å². The number of benzene rings is 2. The van der Waals surface area contributed by atoms with Crippen molar-refractivity contribution in [2.45, 2.75) is 12.3 Å². The van der Waals surface area contributed by atoms with Crippen LogP contribution >= 0.6 is 11.6 Å². The molecule has 1 fully saturated rings. The molecule has 0 N–H and O–H groups in total. The van der Waals surface area contributed by atoms with Crippen molar-refractivity contribution >= 4 is 28.9 Å². The molecule has 1 saturated heterocycles. The van der Waals surface area contributed by atoms with E-state index in [4.69, 9.17) is 16.1 Å². The predicted octanol–water partition coefficient (Wildman–Crippen LogP) is 4.12. The number of hydrogen-bond donors (Lipinski definition) is 0. The van der Waals surface area contributed by atoms with Crippen LogP contribution in [0.2, 0.25) is 5.02 Å². The van der Waals surface area contributed by atoms with Crippen LogP contribution in [0.1, 0.15) is 18.2 Å². The zero-order chi connectivity index (χ0) is 19.8. The van der Waals surface area contributed by atoms with Crippen LogP contribution in [0.4, 0.5) is 15.8 Å². The Kier molecular flexibility index (Phi) is 4.77. The van der Waals surface area contributed by atoms with Gasteiger partial charge in [-0.2, -0.15) is 4.98 Å². The Morgan fingerprint density at radius 1 is 1.21 bits per heavy atom. The lowest BCUT2D eigenvalue weighted by Crippen LogP contribution is -2.25. The zero-order valence-corrected chi connectivity index (χ0v) is 16.2. The maximum Gasteiger partial charge on any atom is 0.257 e. The van der Waals surface area contributed by atoms with Crippen LogP contribution in [0.15, 0.2) is 47.0 Å². The van der Waals surface area contributed by atoms with Crippen molar-refractivity contribution in [1.29, 1.82) is 0 Å². The van der Waals surface area contributed by atoms with Gasteiger partial charge >= 0.3 is 0 Å². The summed E-state index contributed by atoms with van der Waals surface area (Å²) in [7, 11) is 3.93. The van der Waals surface area contributed by atoms with Crippen molar-refractivity contribution in [3.05, 3.63) is 59.1 Å². The van der Waals surface area contributed by atoms with E-state index >= 15 is 0 Å². The molecule has 6 nitrogen and oxygen atoms in total. The van der Waals surface area contributed by atoms with Crippen LogP contribution in [0.5, 0.6) is 0 Å². The summed E-state index contributed by atoms with van der Waals surface area (Å²) < 4.78 is 19.7. The molecule has 28 heavy (non-hydrogen) atoms. The second-order valence-electron chi connectivity index (χ2n) is 6.88. The van der Waals surface area contributed by atoms with Crippen molar-refractivity contribution in [2.75, 3.05) is 30.4 Å². The molecule has 2 heterocycles. The Hall–Kier alpha value is -2.93. The molecular formula is C20H18ClFN4O2. The number of anilines is 2. The zero-order valence-electron chi connectivity index (χ0n) is 15.4. The first-order valence-electron chi connectivity index (χ1n) is 8.80. The summed E-state index contributed by atoms with van der Waals surface area (Å²) in [5, 5.41) is 4.02. The topological polar surface area (TPSA) is 62.5 Å². The molecule has 0 aliphatic carbocycles. The SMILES string of the molecule is CN(C)c1ccc(-c2nc(C3CC(=O)N(c4cccc(Cl)c4F)C3)no2)cc1. The smallest absolute Gasteiger partial charge is 0.257 e. The molecule has 144 valence electrons. The summed E-state index contributed by atoms with van der Waals surface area (Å²) >= 11 is 5.84. The Morgan fingerprint density at radius 2 is 1.96 bits per heavy atom. The molecule has 8 heteroatoms.